The Hall–Kier alpha value is -2.69. The van der Waals surface area contributed by atoms with Gasteiger partial charge < -0.3 is 14.2 Å². The van der Waals surface area contributed by atoms with E-state index in [9.17, 15) is 8.42 Å². The van der Waals surface area contributed by atoms with Crippen molar-refractivity contribution in [2.24, 2.45) is 0 Å². The second-order valence-electron chi connectivity index (χ2n) is 7.75. The van der Waals surface area contributed by atoms with Gasteiger partial charge in [0.05, 0.1) is 21.3 Å². The maximum atomic E-state index is 13.3. The van der Waals surface area contributed by atoms with Gasteiger partial charge in [-0.15, -0.1) is 21.5 Å². The lowest BCUT2D eigenvalue weighted by Crippen LogP contribution is -2.38. The molecule has 33 heavy (non-hydrogen) atoms. The van der Waals surface area contributed by atoms with E-state index in [1.54, 1.807) is 30.6 Å². The maximum Gasteiger partial charge on any atom is 0.246 e. The van der Waals surface area contributed by atoms with Crippen LogP contribution in [-0.2, 0) is 16.4 Å². The van der Waals surface area contributed by atoms with Gasteiger partial charge in [0.15, 0.2) is 0 Å². The van der Waals surface area contributed by atoms with E-state index in [4.69, 9.17) is 14.2 Å². The van der Waals surface area contributed by atoms with Gasteiger partial charge in [0.2, 0.25) is 10.0 Å². The third kappa shape index (κ3) is 5.13. The molecule has 2 aromatic carbocycles. The van der Waals surface area contributed by atoms with Crippen LogP contribution in [0.2, 0.25) is 0 Å². The number of rotatable bonds is 8. The van der Waals surface area contributed by atoms with Gasteiger partial charge >= 0.3 is 0 Å². The highest BCUT2D eigenvalue weighted by atomic mass is 32.2. The Kier molecular flexibility index (Phi) is 7.16. The molecule has 1 aliphatic rings. The maximum absolute atomic E-state index is 13.3. The van der Waals surface area contributed by atoms with Crippen LogP contribution in [0.5, 0.6) is 17.2 Å². The number of ether oxygens (including phenoxy) is 3. The van der Waals surface area contributed by atoms with Crippen LogP contribution >= 0.6 is 11.3 Å². The Bertz CT molecular complexity index is 1190. The molecule has 0 aliphatic carbocycles. The highest BCUT2D eigenvalue weighted by Crippen LogP contribution is 2.36. The molecule has 176 valence electrons. The average molecular weight is 490 g/mol. The van der Waals surface area contributed by atoms with Crippen LogP contribution in [0.25, 0.3) is 0 Å². The zero-order chi connectivity index (χ0) is 23.4. The standard InChI is InChI=1S/C23H27N3O5S2/c1-29-18-6-4-16(5-7-18)14-22-24-25-23(32-22)17-10-12-26(13-11-17)33(27,28)21-15-19(30-2)8-9-20(21)31-3/h4-9,15,17H,10-14H2,1-3H3. The molecule has 0 bridgehead atoms. The van der Waals surface area contributed by atoms with Gasteiger partial charge in [-0.25, -0.2) is 8.42 Å². The third-order valence-corrected chi connectivity index (χ3v) is 8.79. The number of nitrogens with zero attached hydrogens (tertiary/aromatic N) is 3. The van der Waals surface area contributed by atoms with Crippen molar-refractivity contribution in [1.82, 2.24) is 14.5 Å². The van der Waals surface area contributed by atoms with Crippen LogP contribution in [0, 0.1) is 0 Å². The third-order valence-electron chi connectivity index (χ3n) is 5.79. The molecular formula is C23H27N3O5S2. The molecule has 2 heterocycles. The van der Waals surface area contributed by atoms with Crippen molar-refractivity contribution in [2.75, 3.05) is 34.4 Å². The normalized spacial score (nSPS) is 15.4. The summed E-state index contributed by atoms with van der Waals surface area (Å²) in [5.41, 5.74) is 1.15. The number of aromatic nitrogens is 2. The highest BCUT2D eigenvalue weighted by Gasteiger charge is 2.33. The van der Waals surface area contributed by atoms with Gasteiger partial charge in [0.25, 0.3) is 0 Å². The second kappa shape index (κ2) is 10.1. The molecule has 10 heteroatoms. The Labute approximate surface area is 198 Å². The molecule has 0 amide bonds. The van der Waals surface area contributed by atoms with Crippen molar-refractivity contribution in [3.05, 3.63) is 58.0 Å². The summed E-state index contributed by atoms with van der Waals surface area (Å²) >= 11 is 1.60. The summed E-state index contributed by atoms with van der Waals surface area (Å²) in [6.45, 7) is 0.835. The summed E-state index contributed by atoms with van der Waals surface area (Å²) < 4.78 is 43.8. The summed E-state index contributed by atoms with van der Waals surface area (Å²) in [4.78, 5) is 0.125. The van der Waals surface area contributed by atoms with E-state index in [1.807, 2.05) is 24.3 Å². The molecule has 0 unspecified atom stereocenters. The summed E-state index contributed by atoms with van der Waals surface area (Å²) in [7, 11) is 0.923. The summed E-state index contributed by atoms with van der Waals surface area (Å²) in [6, 6.07) is 12.7. The van der Waals surface area contributed by atoms with Crippen molar-refractivity contribution >= 4 is 21.4 Å². The predicted octanol–water partition coefficient (Wildman–Crippen LogP) is 3.72. The summed E-state index contributed by atoms with van der Waals surface area (Å²) in [5, 5.41) is 10.7. The molecule has 4 rings (SSSR count). The minimum Gasteiger partial charge on any atom is -0.497 e. The Morgan fingerprint density at radius 3 is 2.24 bits per heavy atom. The van der Waals surface area contributed by atoms with Crippen molar-refractivity contribution < 1.29 is 22.6 Å². The Balaban J connectivity index is 1.42. The first-order chi connectivity index (χ1) is 15.9. The van der Waals surface area contributed by atoms with E-state index in [0.29, 0.717) is 43.9 Å². The number of benzene rings is 2. The van der Waals surface area contributed by atoms with Crippen LogP contribution in [0.15, 0.2) is 47.4 Å². The molecule has 0 radical (unpaired) electrons. The topological polar surface area (TPSA) is 90.9 Å². The van der Waals surface area contributed by atoms with Crippen LogP contribution in [-0.4, -0.2) is 57.3 Å². The first-order valence-corrected chi connectivity index (χ1v) is 12.9. The average Bonchev–Trinajstić information content (AvgIpc) is 3.32. The van der Waals surface area contributed by atoms with Crippen molar-refractivity contribution in [3.63, 3.8) is 0 Å². The monoisotopic (exact) mass is 489 g/mol. The van der Waals surface area contributed by atoms with Gasteiger partial charge in [-0.2, -0.15) is 4.31 Å². The van der Waals surface area contributed by atoms with Crippen LogP contribution < -0.4 is 14.2 Å². The van der Waals surface area contributed by atoms with E-state index >= 15 is 0 Å². The Morgan fingerprint density at radius 2 is 1.61 bits per heavy atom. The van der Waals surface area contributed by atoms with Gasteiger partial charge in [-0.05, 0) is 42.7 Å². The van der Waals surface area contributed by atoms with Crippen molar-refractivity contribution in [2.45, 2.75) is 30.1 Å². The minimum atomic E-state index is -3.70. The van der Waals surface area contributed by atoms with E-state index in [-0.39, 0.29) is 10.8 Å². The Morgan fingerprint density at radius 1 is 0.939 bits per heavy atom. The minimum absolute atomic E-state index is 0.125. The molecule has 8 nitrogen and oxygen atoms in total. The van der Waals surface area contributed by atoms with Crippen molar-refractivity contribution in [1.29, 1.82) is 0 Å². The molecule has 1 aromatic heterocycles. The van der Waals surface area contributed by atoms with Gasteiger partial charge in [-0.3, -0.25) is 0 Å². The lowest BCUT2D eigenvalue weighted by molar-refractivity contribution is 0.316. The summed E-state index contributed by atoms with van der Waals surface area (Å²) in [5.74, 6) is 1.81. The van der Waals surface area contributed by atoms with Crippen LogP contribution in [0.1, 0.15) is 34.3 Å². The molecule has 0 spiro atoms. The van der Waals surface area contributed by atoms with Gasteiger partial charge in [-0.1, -0.05) is 12.1 Å². The lowest BCUT2D eigenvalue weighted by Gasteiger charge is -2.30. The van der Waals surface area contributed by atoms with Crippen LogP contribution in [0.4, 0.5) is 0 Å². The van der Waals surface area contributed by atoms with Crippen molar-refractivity contribution in [3.8, 4) is 17.2 Å². The predicted molar refractivity (Wildman–Crippen MR) is 126 cm³/mol. The highest BCUT2D eigenvalue weighted by molar-refractivity contribution is 7.89. The zero-order valence-corrected chi connectivity index (χ0v) is 20.5. The number of piperidine rings is 1. The second-order valence-corrected chi connectivity index (χ2v) is 10.8. The SMILES string of the molecule is COc1ccc(Cc2nnc(C3CCN(S(=O)(=O)c4cc(OC)ccc4OC)CC3)s2)cc1. The zero-order valence-electron chi connectivity index (χ0n) is 18.9. The molecule has 1 aliphatic heterocycles. The summed E-state index contributed by atoms with van der Waals surface area (Å²) in [6.07, 6.45) is 2.11. The first-order valence-electron chi connectivity index (χ1n) is 10.6. The number of hydrogen-bond donors (Lipinski definition) is 0. The molecule has 0 atom stereocenters. The van der Waals surface area contributed by atoms with E-state index in [2.05, 4.69) is 10.2 Å². The molecular weight excluding hydrogens is 462 g/mol. The first kappa shape index (κ1) is 23.5. The number of methoxy groups -OCH3 is 3. The van der Waals surface area contributed by atoms with Gasteiger partial charge in [0, 0.05) is 31.5 Å². The molecule has 3 aromatic rings. The smallest absolute Gasteiger partial charge is 0.246 e. The fraction of sp³-hybridized carbons (Fsp3) is 0.391. The fourth-order valence-electron chi connectivity index (χ4n) is 3.89. The quantitative estimate of drug-likeness (QED) is 0.476. The van der Waals surface area contributed by atoms with E-state index in [1.165, 1.54) is 24.6 Å². The van der Waals surface area contributed by atoms with E-state index < -0.39 is 10.0 Å². The molecule has 1 fully saturated rings. The lowest BCUT2D eigenvalue weighted by atomic mass is 9.99. The largest absolute Gasteiger partial charge is 0.497 e. The fourth-order valence-corrected chi connectivity index (χ4v) is 6.58. The molecule has 1 saturated heterocycles. The van der Waals surface area contributed by atoms with Crippen LogP contribution in [0.3, 0.4) is 0 Å². The van der Waals surface area contributed by atoms with Gasteiger partial charge in [0.1, 0.15) is 32.2 Å². The van der Waals surface area contributed by atoms with E-state index in [0.717, 1.165) is 21.3 Å². The number of hydrogen-bond acceptors (Lipinski definition) is 8. The molecule has 0 N–H and O–H groups in total. The molecule has 0 saturated carbocycles. The number of sulfonamides is 1.